The van der Waals surface area contributed by atoms with Crippen LogP contribution in [0.4, 0.5) is 0 Å². The van der Waals surface area contributed by atoms with Crippen molar-refractivity contribution in [3.8, 4) is 11.3 Å². The largest absolute Gasteiger partial charge is 0.330 e. The maximum Gasteiger partial charge on any atom is 0.176 e. The monoisotopic (exact) mass is 227 g/mol. The molecule has 0 fully saturated rings. The number of H-pyrrole nitrogens is 1. The first-order valence-corrected chi connectivity index (χ1v) is 5.57. The number of benzene rings is 1. The quantitative estimate of drug-likeness (QED) is 0.706. The highest BCUT2D eigenvalue weighted by Gasteiger charge is 2.07. The summed E-state index contributed by atoms with van der Waals surface area (Å²) in [6, 6.07) is 12.0. The predicted octanol–water partition coefficient (Wildman–Crippen LogP) is 1.23. The summed E-state index contributed by atoms with van der Waals surface area (Å²) < 4.78 is 1.69. The third kappa shape index (κ3) is 1.81. The van der Waals surface area contributed by atoms with Crippen LogP contribution >= 0.6 is 0 Å². The van der Waals surface area contributed by atoms with Gasteiger partial charge in [-0.3, -0.25) is 5.10 Å². The van der Waals surface area contributed by atoms with Gasteiger partial charge in [-0.15, -0.1) is 0 Å². The van der Waals surface area contributed by atoms with Crippen molar-refractivity contribution in [3.63, 3.8) is 0 Å². The lowest BCUT2D eigenvalue weighted by atomic mass is 10.2. The highest BCUT2D eigenvalue weighted by molar-refractivity contribution is 5.63. The van der Waals surface area contributed by atoms with E-state index in [0.717, 1.165) is 29.1 Å². The van der Waals surface area contributed by atoms with Crippen molar-refractivity contribution in [1.29, 1.82) is 0 Å². The van der Waals surface area contributed by atoms with Crippen LogP contribution in [0.25, 0.3) is 16.9 Å². The van der Waals surface area contributed by atoms with E-state index in [2.05, 4.69) is 15.2 Å². The van der Waals surface area contributed by atoms with Gasteiger partial charge in [0.2, 0.25) is 0 Å². The molecule has 0 radical (unpaired) electrons. The average molecular weight is 227 g/mol. The van der Waals surface area contributed by atoms with Gasteiger partial charge >= 0.3 is 0 Å². The number of rotatable bonds is 3. The van der Waals surface area contributed by atoms with Crippen molar-refractivity contribution in [1.82, 2.24) is 19.8 Å². The van der Waals surface area contributed by atoms with Crippen molar-refractivity contribution < 1.29 is 0 Å². The maximum absolute atomic E-state index is 5.48. The minimum absolute atomic E-state index is 0.586. The summed E-state index contributed by atoms with van der Waals surface area (Å²) in [6.07, 6.45) is 0.740. The summed E-state index contributed by atoms with van der Waals surface area (Å²) in [7, 11) is 0. The summed E-state index contributed by atoms with van der Waals surface area (Å²) in [5.74, 6) is 0.870. The van der Waals surface area contributed by atoms with Gasteiger partial charge in [-0.05, 0) is 6.54 Å². The Labute approximate surface area is 98.3 Å². The molecule has 0 aliphatic heterocycles. The molecule has 2 heterocycles. The predicted molar refractivity (Wildman–Crippen MR) is 65.5 cm³/mol. The lowest BCUT2D eigenvalue weighted by molar-refractivity contribution is 0.778. The van der Waals surface area contributed by atoms with E-state index in [9.17, 15) is 0 Å². The van der Waals surface area contributed by atoms with Crippen molar-refractivity contribution >= 4 is 5.65 Å². The molecule has 5 heteroatoms. The summed E-state index contributed by atoms with van der Waals surface area (Å²) in [5.41, 5.74) is 8.32. The van der Waals surface area contributed by atoms with Gasteiger partial charge in [0.1, 0.15) is 5.82 Å². The number of nitrogens with two attached hydrogens (primary N) is 1. The summed E-state index contributed by atoms with van der Waals surface area (Å²) in [5, 5.41) is 7.54. The molecule has 1 aromatic carbocycles. The number of aromatic nitrogens is 4. The highest BCUT2D eigenvalue weighted by atomic mass is 15.5. The average Bonchev–Trinajstić information content (AvgIpc) is 2.88. The molecule has 2 aromatic heterocycles. The van der Waals surface area contributed by atoms with E-state index >= 15 is 0 Å². The fraction of sp³-hybridized carbons (Fsp3) is 0.167. The smallest absolute Gasteiger partial charge is 0.176 e. The van der Waals surface area contributed by atoms with Gasteiger partial charge in [0.05, 0.1) is 5.69 Å². The zero-order valence-corrected chi connectivity index (χ0v) is 9.30. The molecule has 0 bridgehead atoms. The molecule has 3 aromatic rings. The van der Waals surface area contributed by atoms with Gasteiger partial charge in [-0.1, -0.05) is 30.3 Å². The first-order valence-electron chi connectivity index (χ1n) is 5.57. The van der Waals surface area contributed by atoms with Gasteiger partial charge in [0.15, 0.2) is 5.65 Å². The zero-order chi connectivity index (χ0) is 11.7. The third-order valence-electron chi connectivity index (χ3n) is 2.63. The molecule has 5 nitrogen and oxygen atoms in total. The molecular weight excluding hydrogens is 214 g/mol. The molecular formula is C12H13N5. The Morgan fingerprint density at radius 3 is 2.76 bits per heavy atom. The lowest BCUT2D eigenvalue weighted by Gasteiger charge is -1.93. The van der Waals surface area contributed by atoms with Crippen LogP contribution in [0, 0.1) is 0 Å². The number of aromatic amines is 1. The van der Waals surface area contributed by atoms with Crippen LogP contribution < -0.4 is 5.73 Å². The van der Waals surface area contributed by atoms with Crippen molar-refractivity contribution in [2.24, 2.45) is 5.73 Å². The Balaban J connectivity index is 2.01. The topological polar surface area (TPSA) is 72.0 Å². The van der Waals surface area contributed by atoms with Gasteiger partial charge in [-0.2, -0.15) is 9.73 Å². The minimum Gasteiger partial charge on any atom is -0.330 e. The molecule has 0 amide bonds. The van der Waals surface area contributed by atoms with Crippen LogP contribution in [0.3, 0.4) is 0 Å². The molecule has 3 rings (SSSR count). The van der Waals surface area contributed by atoms with Crippen LogP contribution in [-0.2, 0) is 6.42 Å². The Bertz CT molecular complexity index is 591. The van der Waals surface area contributed by atoms with E-state index in [-0.39, 0.29) is 0 Å². The normalized spacial score (nSPS) is 11.1. The van der Waals surface area contributed by atoms with E-state index < -0.39 is 0 Å². The molecule has 0 aliphatic rings. The Morgan fingerprint density at radius 2 is 2.06 bits per heavy atom. The molecule has 86 valence electrons. The minimum atomic E-state index is 0.586. The second kappa shape index (κ2) is 4.03. The Hall–Kier alpha value is -2.14. The van der Waals surface area contributed by atoms with E-state index in [1.165, 1.54) is 0 Å². The highest BCUT2D eigenvalue weighted by Crippen LogP contribution is 2.18. The standard InChI is InChI=1S/C12H13N5/c13-7-6-11-14-12-8-10(15-17(12)16-11)9-4-2-1-3-5-9/h1-5,8H,6-7,13H2,(H,14,16). The van der Waals surface area contributed by atoms with Crippen LogP contribution in [-0.4, -0.2) is 26.4 Å². The van der Waals surface area contributed by atoms with Gasteiger partial charge in [0.25, 0.3) is 0 Å². The van der Waals surface area contributed by atoms with Gasteiger partial charge < -0.3 is 5.73 Å². The van der Waals surface area contributed by atoms with Gasteiger partial charge in [0, 0.05) is 18.1 Å². The number of nitrogens with zero attached hydrogens (tertiary/aromatic N) is 3. The van der Waals surface area contributed by atoms with Crippen molar-refractivity contribution in [2.75, 3.05) is 6.54 Å². The Morgan fingerprint density at radius 1 is 1.24 bits per heavy atom. The fourth-order valence-corrected chi connectivity index (χ4v) is 1.82. The molecule has 0 spiro atoms. The molecule has 17 heavy (non-hydrogen) atoms. The second-order valence-corrected chi connectivity index (χ2v) is 3.87. The number of fused-ring (bicyclic) bond motifs is 1. The number of nitrogens with one attached hydrogen (secondary N) is 1. The second-order valence-electron chi connectivity index (χ2n) is 3.87. The SMILES string of the molecule is NCCc1nc2cc(-c3ccccc3)nn2[nH]1. The number of hydrogen-bond donors (Lipinski definition) is 2. The fourth-order valence-electron chi connectivity index (χ4n) is 1.82. The van der Waals surface area contributed by atoms with Crippen LogP contribution in [0.2, 0.25) is 0 Å². The van der Waals surface area contributed by atoms with Crippen LogP contribution in [0.15, 0.2) is 36.4 Å². The van der Waals surface area contributed by atoms with Gasteiger partial charge in [-0.25, -0.2) is 4.98 Å². The Kier molecular flexibility index (Phi) is 2.38. The lowest BCUT2D eigenvalue weighted by Crippen LogP contribution is -2.04. The molecule has 0 saturated carbocycles. The zero-order valence-electron chi connectivity index (χ0n) is 9.30. The van der Waals surface area contributed by atoms with Crippen LogP contribution in [0.1, 0.15) is 5.82 Å². The maximum atomic E-state index is 5.48. The summed E-state index contributed by atoms with van der Waals surface area (Å²) in [4.78, 5) is 4.41. The summed E-state index contributed by atoms with van der Waals surface area (Å²) in [6.45, 7) is 0.586. The molecule has 0 atom stereocenters. The van der Waals surface area contributed by atoms with Crippen LogP contribution in [0.5, 0.6) is 0 Å². The van der Waals surface area contributed by atoms with E-state index in [4.69, 9.17) is 5.73 Å². The molecule has 0 saturated heterocycles. The molecule has 0 aliphatic carbocycles. The van der Waals surface area contributed by atoms with E-state index in [1.54, 1.807) is 4.63 Å². The number of hydrogen-bond acceptors (Lipinski definition) is 3. The molecule has 0 unspecified atom stereocenters. The third-order valence-corrected chi connectivity index (χ3v) is 2.63. The first kappa shape index (κ1) is 10.0. The molecule has 3 N–H and O–H groups in total. The van der Waals surface area contributed by atoms with E-state index in [0.29, 0.717) is 6.54 Å². The summed E-state index contributed by atoms with van der Waals surface area (Å²) >= 11 is 0. The van der Waals surface area contributed by atoms with E-state index in [1.807, 2.05) is 36.4 Å². The van der Waals surface area contributed by atoms with Crippen molar-refractivity contribution in [2.45, 2.75) is 6.42 Å². The van der Waals surface area contributed by atoms with Crippen molar-refractivity contribution in [3.05, 3.63) is 42.2 Å². The first-order chi connectivity index (χ1) is 8.36.